The van der Waals surface area contributed by atoms with Gasteiger partial charge < -0.3 is 10.6 Å². The van der Waals surface area contributed by atoms with Gasteiger partial charge in [0.1, 0.15) is 0 Å². The van der Waals surface area contributed by atoms with Crippen molar-refractivity contribution in [2.24, 2.45) is 23.5 Å². The molecule has 3 nitrogen and oxygen atoms in total. The predicted molar refractivity (Wildman–Crippen MR) is 78.7 cm³/mol. The number of nitrogens with two attached hydrogens (primary N) is 1. The SMILES string of the molecule is CC1CCC(N(C)C(=O)C2CCC(CN)CC2)CC1. The minimum atomic E-state index is 0.271. The van der Waals surface area contributed by atoms with Crippen LogP contribution in [0.1, 0.15) is 58.3 Å². The van der Waals surface area contributed by atoms with E-state index in [-0.39, 0.29) is 5.92 Å². The van der Waals surface area contributed by atoms with E-state index in [2.05, 4.69) is 11.8 Å². The molecule has 0 heterocycles. The van der Waals surface area contributed by atoms with Crippen LogP contribution in [0.25, 0.3) is 0 Å². The zero-order valence-electron chi connectivity index (χ0n) is 12.6. The van der Waals surface area contributed by atoms with E-state index in [1.165, 1.54) is 25.7 Å². The largest absolute Gasteiger partial charge is 0.343 e. The number of amides is 1. The third kappa shape index (κ3) is 3.71. The molecule has 110 valence electrons. The Morgan fingerprint density at radius 1 is 1.05 bits per heavy atom. The van der Waals surface area contributed by atoms with Crippen LogP contribution in [0.3, 0.4) is 0 Å². The van der Waals surface area contributed by atoms with E-state index in [1.54, 1.807) is 0 Å². The Hall–Kier alpha value is -0.570. The van der Waals surface area contributed by atoms with E-state index in [0.29, 0.717) is 17.9 Å². The lowest BCUT2D eigenvalue weighted by Crippen LogP contribution is -2.43. The summed E-state index contributed by atoms with van der Waals surface area (Å²) in [6.45, 7) is 3.11. The van der Waals surface area contributed by atoms with Gasteiger partial charge in [0.15, 0.2) is 0 Å². The molecule has 0 aromatic heterocycles. The highest BCUT2D eigenvalue weighted by molar-refractivity contribution is 5.79. The van der Waals surface area contributed by atoms with Gasteiger partial charge in [0.25, 0.3) is 0 Å². The van der Waals surface area contributed by atoms with E-state index in [0.717, 1.165) is 38.1 Å². The molecule has 0 atom stereocenters. The van der Waals surface area contributed by atoms with Gasteiger partial charge in [-0.3, -0.25) is 4.79 Å². The normalized spacial score (nSPS) is 35.9. The van der Waals surface area contributed by atoms with Gasteiger partial charge in [-0.15, -0.1) is 0 Å². The number of hydrogen-bond acceptors (Lipinski definition) is 2. The first kappa shape index (κ1) is 14.8. The molecule has 2 fully saturated rings. The molecule has 3 heteroatoms. The fourth-order valence-electron chi connectivity index (χ4n) is 3.74. The first-order chi connectivity index (χ1) is 9.11. The molecule has 0 radical (unpaired) electrons. The summed E-state index contributed by atoms with van der Waals surface area (Å²) in [5.74, 6) is 2.17. The molecule has 0 aliphatic heterocycles. The third-order valence-corrected chi connectivity index (χ3v) is 5.41. The summed E-state index contributed by atoms with van der Waals surface area (Å²) in [5.41, 5.74) is 5.72. The zero-order chi connectivity index (χ0) is 13.8. The molecule has 0 aromatic rings. The standard InChI is InChI=1S/C16H30N2O/c1-12-3-9-15(10-4-12)18(2)16(19)14-7-5-13(11-17)6-8-14/h12-15H,3-11,17H2,1-2H3. The highest BCUT2D eigenvalue weighted by Crippen LogP contribution is 2.32. The van der Waals surface area contributed by atoms with Crippen LogP contribution in [0.2, 0.25) is 0 Å². The lowest BCUT2D eigenvalue weighted by molar-refractivity contribution is -0.138. The average Bonchev–Trinajstić information content (AvgIpc) is 2.46. The molecule has 0 saturated heterocycles. The molecule has 2 aliphatic carbocycles. The maximum Gasteiger partial charge on any atom is 0.225 e. The van der Waals surface area contributed by atoms with Crippen molar-refractivity contribution < 1.29 is 4.79 Å². The first-order valence-electron chi connectivity index (χ1n) is 8.08. The Bertz CT molecular complexity index is 289. The van der Waals surface area contributed by atoms with Gasteiger partial charge in [0.05, 0.1) is 0 Å². The Kier molecular flexibility index (Phi) is 5.26. The molecule has 2 rings (SSSR count). The summed E-state index contributed by atoms with van der Waals surface area (Å²) in [7, 11) is 2.03. The van der Waals surface area contributed by atoms with Crippen molar-refractivity contribution in [1.29, 1.82) is 0 Å². The van der Waals surface area contributed by atoms with Crippen molar-refractivity contribution in [2.75, 3.05) is 13.6 Å². The van der Waals surface area contributed by atoms with Gasteiger partial charge in [-0.2, -0.15) is 0 Å². The third-order valence-electron chi connectivity index (χ3n) is 5.41. The maximum absolute atomic E-state index is 12.6. The van der Waals surface area contributed by atoms with Gasteiger partial charge in [-0.05, 0) is 69.7 Å². The highest BCUT2D eigenvalue weighted by Gasteiger charge is 2.31. The molecule has 0 spiro atoms. The summed E-state index contributed by atoms with van der Waals surface area (Å²) in [6.07, 6.45) is 9.33. The predicted octanol–water partition coefficient (Wildman–Crippen LogP) is 2.79. The van der Waals surface area contributed by atoms with Gasteiger partial charge in [-0.1, -0.05) is 6.92 Å². The second-order valence-corrected chi connectivity index (χ2v) is 6.82. The van der Waals surface area contributed by atoms with Crippen LogP contribution >= 0.6 is 0 Å². The highest BCUT2D eigenvalue weighted by atomic mass is 16.2. The summed E-state index contributed by atoms with van der Waals surface area (Å²) < 4.78 is 0. The number of nitrogens with zero attached hydrogens (tertiary/aromatic N) is 1. The second-order valence-electron chi connectivity index (χ2n) is 6.82. The molecule has 1 amide bonds. The average molecular weight is 266 g/mol. The minimum Gasteiger partial charge on any atom is -0.343 e. The Balaban J connectivity index is 1.82. The number of carbonyl (C=O) groups excluding carboxylic acids is 1. The molecule has 19 heavy (non-hydrogen) atoms. The van der Waals surface area contributed by atoms with Gasteiger partial charge >= 0.3 is 0 Å². The van der Waals surface area contributed by atoms with Crippen LogP contribution in [-0.4, -0.2) is 30.4 Å². The van der Waals surface area contributed by atoms with Gasteiger partial charge in [-0.25, -0.2) is 0 Å². The molecule has 0 bridgehead atoms. The summed E-state index contributed by atoms with van der Waals surface area (Å²) in [4.78, 5) is 14.6. The van der Waals surface area contributed by atoms with Crippen molar-refractivity contribution in [2.45, 2.75) is 64.3 Å². The van der Waals surface area contributed by atoms with Crippen molar-refractivity contribution in [3.05, 3.63) is 0 Å². The molecular weight excluding hydrogens is 236 g/mol. The molecule has 0 unspecified atom stereocenters. The topological polar surface area (TPSA) is 46.3 Å². The Morgan fingerprint density at radius 3 is 2.16 bits per heavy atom. The van der Waals surface area contributed by atoms with Gasteiger partial charge in [0.2, 0.25) is 5.91 Å². The van der Waals surface area contributed by atoms with Crippen LogP contribution in [-0.2, 0) is 4.79 Å². The maximum atomic E-state index is 12.6. The Morgan fingerprint density at radius 2 is 1.63 bits per heavy atom. The van der Waals surface area contributed by atoms with E-state index >= 15 is 0 Å². The molecule has 0 aromatic carbocycles. The van der Waals surface area contributed by atoms with E-state index in [9.17, 15) is 4.79 Å². The second kappa shape index (κ2) is 6.74. The smallest absolute Gasteiger partial charge is 0.225 e. The fourth-order valence-corrected chi connectivity index (χ4v) is 3.74. The molecule has 2 saturated carbocycles. The van der Waals surface area contributed by atoms with Crippen LogP contribution in [0.15, 0.2) is 0 Å². The monoisotopic (exact) mass is 266 g/mol. The van der Waals surface area contributed by atoms with Crippen molar-refractivity contribution in [3.63, 3.8) is 0 Å². The number of rotatable bonds is 3. The van der Waals surface area contributed by atoms with Crippen LogP contribution in [0.5, 0.6) is 0 Å². The number of carbonyl (C=O) groups is 1. The number of hydrogen-bond donors (Lipinski definition) is 1. The summed E-state index contributed by atoms with van der Waals surface area (Å²) in [5, 5.41) is 0. The van der Waals surface area contributed by atoms with Crippen molar-refractivity contribution in [1.82, 2.24) is 4.90 Å². The van der Waals surface area contributed by atoms with Crippen LogP contribution in [0, 0.1) is 17.8 Å². The fraction of sp³-hybridized carbons (Fsp3) is 0.938. The quantitative estimate of drug-likeness (QED) is 0.854. The van der Waals surface area contributed by atoms with Crippen LogP contribution in [0.4, 0.5) is 0 Å². The van der Waals surface area contributed by atoms with Crippen molar-refractivity contribution in [3.8, 4) is 0 Å². The van der Waals surface area contributed by atoms with Gasteiger partial charge in [0, 0.05) is 19.0 Å². The van der Waals surface area contributed by atoms with Crippen molar-refractivity contribution >= 4 is 5.91 Å². The van der Waals surface area contributed by atoms with E-state index in [4.69, 9.17) is 5.73 Å². The minimum absolute atomic E-state index is 0.271. The zero-order valence-corrected chi connectivity index (χ0v) is 12.6. The Labute approximate surface area is 117 Å². The first-order valence-corrected chi connectivity index (χ1v) is 8.08. The van der Waals surface area contributed by atoms with E-state index < -0.39 is 0 Å². The summed E-state index contributed by atoms with van der Waals surface area (Å²) >= 11 is 0. The molecule has 2 aliphatic rings. The molecular formula is C16H30N2O. The lowest BCUT2D eigenvalue weighted by atomic mass is 9.80. The lowest BCUT2D eigenvalue weighted by Gasteiger charge is -2.37. The van der Waals surface area contributed by atoms with E-state index in [1.807, 2.05) is 7.05 Å². The summed E-state index contributed by atoms with van der Waals surface area (Å²) in [6, 6.07) is 0.496. The van der Waals surface area contributed by atoms with Crippen LogP contribution < -0.4 is 5.73 Å². The molecule has 2 N–H and O–H groups in total.